The zero-order valence-corrected chi connectivity index (χ0v) is 14.3. The predicted octanol–water partition coefficient (Wildman–Crippen LogP) is 1.07. The maximum Gasteiger partial charge on any atom is 0.243 e. The summed E-state index contributed by atoms with van der Waals surface area (Å²) in [6, 6.07) is 6.77. The molecule has 0 bridgehead atoms. The summed E-state index contributed by atoms with van der Waals surface area (Å²) in [6.45, 7) is 3.92. The van der Waals surface area contributed by atoms with E-state index in [0.717, 1.165) is 0 Å². The van der Waals surface area contributed by atoms with Crippen molar-refractivity contribution in [2.75, 3.05) is 37.3 Å². The third kappa shape index (κ3) is 7.62. The van der Waals surface area contributed by atoms with Crippen LogP contribution in [-0.4, -0.2) is 49.3 Å². The average molecular weight is 343 g/mol. The third-order valence-corrected chi connectivity index (χ3v) is 2.89. The Kier molecular flexibility index (Phi) is 9.60. The molecular weight excluding hydrogens is 320 g/mol. The third-order valence-electron chi connectivity index (χ3n) is 2.89. The van der Waals surface area contributed by atoms with Crippen LogP contribution in [0.4, 0.5) is 11.4 Å². The molecule has 8 heteroatoms. The lowest BCUT2D eigenvalue weighted by molar-refractivity contribution is -0.133. The number of hydrogen-bond acceptors (Lipinski definition) is 4. The van der Waals surface area contributed by atoms with Crippen LogP contribution in [0, 0.1) is 0 Å². The number of nitrogens with zero attached hydrogens (tertiary/aromatic N) is 1. The van der Waals surface area contributed by atoms with Gasteiger partial charge in [-0.3, -0.25) is 14.4 Å². The lowest BCUT2D eigenvalue weighted by atomic mass is 10.2. The van der Waals surface area contributed by atoms with Gasteiger partial charge < -0.3 is 20.9 Å². The van der Waals surface area contributed by atoms with Crippen LogP contribution in [0.1, 0.15) is 13.8 Å². The second kappa shape index (κ2) is 10.6. The molecule has 0 fully saturated rings. The maximum atomic E-state index is 12.0. The Balaban J connectivity index is 0.00000484. The average Bonchev–Trinajstić information content (AvgIpc) is 2.46. The fraction of sp³-hybridized carbons (Fsp3) is 0.400. The Morgan fingerprint density at radius 2 is 1.57 bits per heavy atom. The summed E-state index contributed by atoms with van der Waals surface area (Å²) in [4.78, 5) is 36.1. The van der Waals surface area contributed by atoms with Crippen molar-refractivity contribution in [3.63, 3.8) is 0 Å². The van der Waals surface area contributed by atoms with Crippen molar-refractivity contribution in [3.8, 4) is 0 Å². The highest BCUT2D eigenvalue weighted by atomic mass is 35.5. The van der Waals surface area contributed by atoms with E-state index in [1.807, 2.05) is 6.92 Å². The van der Waals surface area contributed by atoms with Crippen LogP contribution < -0.4 is 16.0 Å². The van der Waals surface area contributed by atoms with Gasteiger partial charge in [0.25, 0.3) is 0 Å². The number of nitrogens with one attached hydrogen (secondary N) is 3. The van der Waals surface area contributed by atoms with Gasteiger partial charge in [-0.05, 0) is 38.2 Å². The Morgan fingerprint density at radius 1 is 1.04 bits per heavy atom. The monoisotopic (exact) mass is 342 g/mol. The van der Waals surface area contributed by atoms with Crippen molar-refractivity contribution in [2.45, 2.75) is 13.8 Å². The Hall–Kier alpha value is -2.12. The van der Waals surface area contributed by atoms with Crippen LogP contribution in [0.3, 0.4) is 0 Å². The fourth-order valence-electron chi connectivity index (χ4n) is 1.85. The number of amides is 3. The normalized spacial score (nSPS) is 9.52. The molecule has 0 saturated heterocycles. The SMILES string of the molecule is CCN(CC(=O)Nc1ccc(NC(C)=O)cc1)C(=O)CNC.Cl. The van der Waals surface area contributed by atoms with E-state index >= 15 is 0 Å². The highest BCUT2D eigenvalue weighted by Crippen LogP contribution is 2.13. The molecule has 23 heavy (non-hydrogen) atoms. The summed E-state index contributed by atoms with van der Waals surface area (Å²) in [5, 5.41) is 8.13. The first-order valence-electron chi connectivity index (χ1n) is 7.06. The van der Waals surface area contributed by atoms with Gasteiger partial charge in [0.05, 0.1) is 13.1 Å². The molecule has 1 aromatic carbocycles. The van der Waals surface area contributed by atoms with E-state index in [2.05, 4.69) is 16.0 Å². The molecule has 3 N–H and O–H groups in total. The zero-order valence-electron chi connectivity index (χ0n) is 13.5. The molecular formula is C15H23ClN4O3. The Labute approximate surface area is 142 Å². The number of halogens is 1. The molecule has 7 nitrogen and oxygen atoms in total. The smallest absolute Gasteiger partial charge is 0.243 e. The quantitative estimate of drug-likeness (QED) is 0.691. The van der Waals surface area contributed by atoms with Crippen LogP contribution in [-0.2, 0) is 14.4 Å². The van der Waals surface area contributed by atoms with Gasteiger partial charge in [-0.1, -0.05) is 0 Å². The van der Waals surface area contributed by atoms with E-state index < -0.39 is 0 Å². The lowest BCUT2D eigenvalue weighted by Gasteiger charge is -2.20. The van der Waals surface area contributed by atoms with Gasteiger partial charge in [-0.2, -0.15) is 0 Å². The van der Waals surface area contributed by atoms with Gasteiger partial charge in [0, 0.05) is 24.8 Å². The fourth-order valence-corrected chi connectivity index (χ4v) is 1.85. The molecule has 0 aromatic heterocycles. The Morgan fingerprint density at radius 3 is 2.00 bits per heavy atom. The maximum absolute atomic E-state index is 12.0. The number of benzene rings is 1. The standard InChI is InChI=1S/C15H22N4O3.ClH/c1-4-19(15(22)9-16-3)10-14(21)18-13-7-5-12(6-8-13)17-11(2)20;/h5-8,16H,4,9-10H2,1-3H3,(H,17,20)(H,18,21);1H. The first kappa shape index (κ1) is 20.9. The first-order chi connectivity index (χ1) is 10.5. The molecule has 0 aliphatic carbocycles. The van der Waals surface area contributed by atoms with Crippen LogP contribution in [0.2, 0.25) is 0 Å². The summed E-state index contributed by atoms with van der Waals surface area (Å²) in [5.74, 6) is -0.543. The minimum Gasteiger partial charge on any atom is -0.333 e. The Bertz CT molecular complexity index is 534. The van der Waals surface area contributed by atoms with E-state index in [0.29, 0.717) is 17.9 Å². The largest absolute Gasteiger partial charge is 0.333 e. The number of anilines is 2. The molecule has 0 spiro atoms. The summed E-state index contributed by atoms with van der Waals surface area (Å²) < 4.78 is 0. The van der Waals surface area contributed by atoms with Gasteiger partial charge in [0.2, 0.25) is 17.7 Å². The number of rotatable bonds is 7. The van der Waals surface area contributed by atoms with E-state index in [1.165, 1.54) is 11.8 Å². The number of carbonyl (C=O) groups excluding carboxylic acids is 3. The molecule has 0 aliphatic rings. The number of carbonyl (C=O) groups is 3. The molecule has 1 rings (SSSR count). The topological polar surface area (TPSA) is 90.5 Å². The summed E-state index contributed by atoms with van der Waals surface area (Å²) in [6.07, 6.45) is 0. The molecule has 128 valence electrons. The van der Waals surface area contributed by atoms with E-state index in [4.69, 9.17) is 0 Å². The molecule has 1 aromatic rings. The number of likely N-dealkylation sites (N-methyl/N-ethyl adjacent to an activating group) is 2. The van der Waals surface area contributed by atoms with Crippen molar-refractivity contribution in [2.24, 2.45) is 0 Å². The summed E-state index contributed by atoms with van der Waals surface area (Å²) in [7, 11) is 1.68. The van der Waals surface area contributed by atoms with Crippen LogP contribution >= 0.6 is 12.4 Å². The summed E-state index contributed by atoms with van der Waals surface area (Å²) in [5.41, 5.74) is 1.26. The molecule has 0 unspecified atom stereocenters. The predicted molar refractivity (Wildman–Crippen MR) is 92.8 cm³/mol. The van der Waals surface area contributed by atoms with Gasteiger partial charge in [0.15, 0.2) is 0 Å². The molecule has 0 heterocycles. The molecule has 0 saturated carbocycles. The minimum atomic E-state index is -0.265. The van der Waals surface area contributed by atoms with E-state index in [9.17, 15) is 14.4 Å². The van der Waals surface area contributed by atoms with Crippen molar-refractivity contribution >= 4 is 41.5 Å². The molecule has 0 aliphatic heterocycles. The van der Waals surface area contributed by atoms with Crippen molar-refractivity contribution in [1.82, 2.24) is 10.2 Å². The highest BCUT2D eigenvalue weighted by molar-refractivity contribution is 5.95. The van der Waals surface area contributed by atoms with Crippen LogP contribution in [0.25, 0.3) is 0 Å². The zero-order chi connectivity index (χ0) is 16.5. The lowest BCUT2D eigenvalue weighted by Crippen LogP contribution is -2.41. The second-order valence-electron chi connectivity index (χ2n) is 4.74. The van der Waals surface area contributed by atoms with Gasteiger partial charge in [-0.15, -0.1) is 12.4 Å². The van der Waals surface area contributed by atoms with Crippen molar-refractivity contribution < 1.29 is 14.4 Å². The van der Waals surface area contributed by atoms with Crippen molar-refractivity contribution in [1.29, 1.82) is 0 Å². The van der Waals surface area contributed by atoms with Crippen LogP contribution in [0.15, 0.2) is 24.3 Å². The highest BCUT2D eigenvalue weighted by Gasteiger charge is 2.14. The second-order valence-corrected chi connectivity index (χ2v) is 4.74. The van der Waals surface area contributed by atoms with Gasteiger partial charge in [0.1, 0.15) is 0 Å². The first-order valence-corrected chi connectivity index (χ1v) is 7.06. The molecule has 3 amide bonds. The van der Waals surface area contributed by atoms with E-state index in [-0.39, 0.29) is 43.2 Å². The minimum absolute atomic E-state index is 0. The van der Waals surface area contributed by atoms with Gasteiger partial charge >= 0.3 is 0 Å². The van der Waals surface area contributed by atoms with Crippen LogP contribution in [0.5, 0.6) is 0 Å². The molecule has 0 atom stereocenters. The van der Waals surface area contributed by atoms with Crippen molar-refractivity contribution in [3.05, 3.63) is 24.3 Å². The van der Waals surface area contributed by atoms with Gasteiger partial charge in [-0.25, -0.2) is 0 Å². The molecule has 0 radical (unpaired) electrons. The summed E-state index contributed by atoms with van der Waals surface area (Å²) >= 11 is 0. The number of hydrogen-bond donors (Lipinski definition) is 3. The van der Waals surface area contributed by atoms with E-state index in [1.54, 1.807) is 31.3 Å².